The Balaban J connectivity index is 1.05. The first-order chi connectivity index (χ1) is 37.0. The molecule has 36 heteroatoms. The molecule has 78 heavy (non-hydrogen) atoms. The monoisotopic (exact) mass is 1150 g/mol. The van der Waals surface area contributed by atoms with Crippen molar-refractivity contribution in [1.82, 2.24) is 0 Å². The van der Waals surface area contributed by atoms with Crippen molar-refractivity contribution in [2.75, 3.05) is 46.2 Å². The van der Waals surface area contributed by atoms with E-state index in [9.17, 15) is 117 Å². The van der Waals surface area contributed by atoms with Crippen LogP contribution in [-0.2, 0) is 61.6 Å². The second-order valence-electron chi connectivity index (χ2n) is 19.6. The van der Waals surface area contributed by atoms with Gasteiger partial charge in [-0.2, -0.15) is 0 Å². The number of hydrogen-bond donors (Lipinski definition) is 23. The van der Waals surface area contributed by atoms with Crippen LogP contribution in [0.2, 0.25) is 0 Å². The SMILES string of the molecule is OC[C@H]1O[C@@H](OC[C@H]2O[C@@H](O[C@@H]3[C@H](O)[C@@H](O)[C@H](O[C@@H]4[C@H](O)[C@@H](O)[C@H](O[C@@H]5[C@H](O)[C@@H](O)[C@H](O)O[C@@H]5CO)O[C@@H]4CO)O[C@@H]3CO)[C@H](O)[C@@H](O)[C@H]2O[C@@H]2O[C@H](CO)[C@H](O[C@@H]3O[C@H](CO)[C@H](O)[C@H](O)[C@H]3O)[C@H](O)[C@H]2O)[C@H](O)[C@@H](O)[C@H]1O. The summed E-state index contributed by atoms with van der Waals surface area (Å²) >= 11 is 0. The molecule has 0 saturated carbocycles. The highest BCUT2D eigenvalue weighted by atomic mass is 16.8. The van der Waals surface area contributed by atoms with E-state index in [0.717, 1.165) is 0 Å². The average molecular weight is 1150 g/mol. The first kappa shape index (κ1) is 64.1. The van der Waals surface area contributed by atoms with E-state index >= 15 is 0 Å². The highest BCUT2D eigenvalue weighted by molar-refractivity contribution is 5.00. The molecule has 7 aliphatic rings. The third kappa shape index (κ3) is 13.1. The van der Waals surface area contributed by atoms with Crippen molar-refractivity contribution in [3.63, 3.8) is 0 Å². The first-order valence-electron chi connectivity index (χ1n) is 24.7. The lowest BCUT2D eigenvalue weighted by Crippen LogP contribution is -2.68. The van der Waals surface area contributed by atoms with Crippen molar-refractivity contribution in [2.24, 2.45) is 0 Å². The molecule has 7 aliphatic heterocycles. The molecular formula is C42H72O36. The zero-order valence-electron chi connectivity index (χ0n) is 40.8. The van der Waals surface area contributed by atoms with Gasteiger partial charge in [0.25, 0.3) is 0 Å². The molecule has 0 unspecified atom stereocenters. The summed E-state index contributed by atoms with van der Waals surface area (Å²) < 4.78 is 72.5. The summed E-state index contributed by atoms with van der Waals surface area (Å²) in [5, 5.41) is 243. The van der Waals surface area contributed by atoms with Crippen molar-refractivity contribution in [3.05, 3.63) is 0 Å². The molecule has 0 spiro atoms. The Morgan fingerprint density at radius 1 is 0.218 bits per heavy atom. The molecule has 7 fully saturated rings. The summed E-state index contributed by atoms with van der Waals surface area (Å²) in [6.45, 7) is -6.80. The van der Waals surface area contributed by atoms with E-state index in [-0.39, 0.29) is 0 Å². The molecule has 0 amide bonds. The van der Waals surface area contributed by atoms with Gasteiger partial charge in [-0.1, -0.05) is 0 Å². The minimum Gasteiger partial charge on any atom is -0.394 e. The largest absolute Gasteiger partial charge is 0.394 e. The Morgan fingerprint density at radius 2 is 0.449 bits per heavy atom. The Labute approximate surface area is 439 Å². The van der Waals surface area contributed by atoms with Gasteiger partial charge in [-0.15, -0.1) is 0 Å². The fourth-order valence-electron chi connectivity index (χ4n) is 9.90. The molecule has 0 aromatic carbocycles. The molecule has 35 atom stereocenters. The molecule has 0 aromatic heterocycles. The van der Waals surface area contributed by atoms with Crippen LogP contribution in [0.3, 0.4) is 0 Å². The standard InChI is InChI=1S/C42H72O36/c43-1-8-15(49)17(51)25(59)37(68-8)66-7-14-35(78-41-29(63)22(56)32(11(4-46)72-41)75-38-26(60)18(52)16(50)9(2-44)69-38)23(57)30(64)42(73-14)77-34-13(6-48)71-40(28(62)21(34)55)76-33-12(5-47)70-39(27(61)20(33)54)74-31-10(3-45)67-36(65)24(58)19(31)53/h8-65H,1-7H2/t8-,9-,10-,11-,12-,13-,14-,15+,16+,17+,18+,19-,20-,21-,22-,23-,24-,25-,26-,27-,28-,29-,30-,31+,32+,33+,34+,35+,36-,37-,38+,39+,40+,41+,42+/m1/s1. The number of rotatable bonds is 19. The van der Waals surface area contributed by atoms with Crippen LogP contribution in [0, 0.1) is 0 Å². The molecule has 0 bridgehead atoms. The molecule has 23 N–H and O–H groups in total. The Hall–Kier alpha value is -1.44. The molecule has 0 aromatic rings. The molecule has 7 saturated heterocycles. The maximum atomic E-state index is 11.7. The van der Waals surface area contributed by atoms with Gasteiger partial charge in [-0.3, -0.25) is 0 Å². The van der Waals surface area contributed by atoms with Crippen molar-refractivity contribution < 1.29 is 179 Å². The average Bonchev–Trinajstić information content (AvgIpc) is 3.51. The summed E-state index contributed by atoms with van der Waals surface area (Å²) in [4.78, 5) is 0. The highest BCUT2D eigenvalue weighted by Crippen LogP contribution is 2.37. The summed E-state index contributed by atoms with van der Waals surface area (Å²) in [5.41, 5.74) is 0. The van der Waals surface area contributed by atoms with Crippen molar-refractivity contribution in [3.8, 4) is 0 Å². The van der Waals surface area contributed by atoms with Gasteiger partial charge >= 0.3 is 0 Å². The Bertz CT molecular complexity index is 1810. The molecular weight excluding hydrogens is 1080 g/mol. The highest BCUT2D eigenvalue weighted by Gasteiger charge is 2.58. The normalized spacial score (nSPS) is 53.5. The van der Waals surface area contributed by atoms with Crippen LogP contribution in [0.25, 0.3) is 0 Å². The topological polar surface area (TPSA) is 585 Å². The fourth-order valence-corrected chi connectivity index (χ4v) is 9.90. The van der Waals surface area contributed by atoms with Crippen LogP contribution in [0.15, 0.2) is 0 Å². The maximum absolute atomic E-state index is 11.7. The van der Waals surface area contributed by atoms with Crippen molar-refractivity contribution >= 4 is 0 Å². The fraction of sp³-hybridized carbons (Fsp3) is 1.00. The van der Waals surface area contributed by atoms with Crippen LogP contribution < -0.4 is 0 Å². The zero-order chi connectivity index (χ0) is 57.3. The van der Waals surface area contributed by atoms with Crippen LogP contribution >= 0.6 is 0 Å². The molecule has 36 nitrogen and oxygen atoms in total. The quantitative estimate of drug-likeness (QED) is 0.0571. The van der Waals surface area contributed by atoms with E-state index in [2.05, 4.69) is 0 Å². The smallest absolute Gasteiger partial charge is 0.187 e. The van der Waals surface area contributed by atoms with Crippen molar-refractivity contribution in [1.29, 1.82) is 0 Å². The lowest BCUT2D eigenvalue weighted by atomic mass is 9.95. The summed E-state index contributed by atoms with van der Waals surface area (Å²) in [7, 11) is 0. The third-order valence-corrected chi connectivity index (χ3v) is 14.5. The lowest BCUT2D eigenvalue weighted by molar-refractivity contribution is -0.398. The maximum Gasteiger partial charge on any atom is 0.187 e. The van der Waals surface area contributed by atoms with E-state index in [1.807, 2.05) is 0 Å². The molecule has 7 rings (SSSR count). The van der Waals surface area contributed by atoms with Gasteiger partial charge < -0.3 is 179 Å². The van der Waals surface area contributed by atoms with E-state index in [0.29, 0.717) is 0 Å². The zero-order valence-corrected chi connectivity index (χ0v) is 40.8. The third-order valence-electron chi connectivity index (χ3n) is 14.5. The van der Waals surface area contributed by atoms with Gasteiger partial charge in [0, 0.05) is 0 Å². The van der Waals surface area contributed by atoms with Crippen LogP contribution in [0.5, 0.6) is 0 Å². The number of ether oxygens (including phenoxy) is 13. The van der Waals surface area contributed by atoms with Crippen LogP contribution in [0.4, 0.5) is 0 Å². The van der Waals surface area contributed by atoms with Crippen LogP contribution in [0.1, 0.15) is 0 Å². The molecule has 0 aliphatic carbocycles. The van der Waals surface area contributed by atoms with Crippen LogP contribution in [-0.4, -0.2) is 379 Å². The van der Waals surface area contributed by atoms with Crippen molar-refractivity contribution in [2.45, 2.75) is 215 Å². The predicted molar refractivity (Wildman–Crippen MR) is 232 cm³/mol. The van der Waals surface area contributed by atoms with E-state index < -0.39 is 261 Å². The number of aliphatic hydroxyl groups is 23. The van der Waals surface area contributed by atoms with Gasteiger partial charge in [0.15, 0.2) is 44.0 Å². The van der Waals surface area contributed by atoms with E-state index in [1.54, 1.807) is 0 Å². The second-order valence-corrected chi connectivity index (χ2v) is 19.6. The summed E-state index contributed by atoms with van der Waals surface area (Å²) in [5.74, 6) is 0. The molecule has 0 radical (unpaired) electrons. The van der Waals surface area contributed by atoms with Gasteiger partial charge in [0.1, 0.15) is 171 Å². The lowest BCUT2D eigenvalue weighted by Gasteiger charge is -2.50. The minimum atomic E-state index is -2.32. The van der Waals surface area contributed by atoms with Gasteiger partial charge in [0.2, 0.25) is 0 Å². The van der Waals surface area contributed by atoms with E-state index in [4.69, 9.17) is 61.6 Å². The second kappa shape index (κ2) is 27.5. The first-order valence-corrected chi connectivity index (χ1v) is 24.7. The predicted octanol–water partition coefficient (Wildman–Crippen LogP) is -16.3. The summed E-state index contributed by atoms with van der Waals surface area (Å²) in [6.07, 6.45) is -68.5. The Kier molecular flexibility index (Phi) is 22.6. The molecule has 7 heterocycles. The molecule has 456 valence electrons. The van der Waals surface area contributed by atoms with E-state index in [1.165, 1.54) is 0 Å². The van der Waals surface area contributed by atoms with Gasteiger partial charge in [-0.05, 0) is 0 Å². The minimum absolute atomic E-state index is 0.876. The number of aliphatic hydroxyl groups excluding tert-OH is 23. The van der Waals surface area contributed by atoms with Gasteiger partial charge in [-0.25, -0.2) is 0 Å². The summed E-state index contributed by atoms with van der Waals surface area (Å²) in [6, 6.07) is 0. The van der Waals surface area contributed by atoms with Gasteiger partial charge in [0.05, 0.1) is 46.2 Å². The Morgan fingerprint density at radius 3 is 0.769 bits per heavy atom. The number of hydrogen-bond acceptors (Lipinski definition) is 36.